The number of aromatic nitrogens is 1. The van der Waals surface area contributed by atoms with Gasteiger partial charge in [-0.3, -0.25) is 4.79 Å². The van der Waals surface area contributed by atoms with Crippen LogP contribution in [0.25, 0.3) is 0 Å². The molecule has 0 saturated carbocycles. The Morgan fingerprint density at radius 2 is 1.76 bits per heavy atom. The molecule has 2 heterocycles. The molecule has 0 atom stereocenters. The van der Waals surface area contributed by atoms with E-state index in [1.807, 2.05) is 67.6 Å². The molecule has 3 aromatic rings. The summed E-state index contributed by atoms with van der Waals surface area (Å²) in [5, 5.41) is 5.61. The van der Waals surface area contributed by atoms with Crippen molar-refractivity contribution in [1.29, 1.82) is 0 Å². The number of nitrogens with one attached hydrogen (secondary N) is 2. The SMILES string of the molecule is COc1ccc(C)cc1NC(=O)Nc1ccc(N2CCC(C(=O)c3ccccc3)CC2)nc1. The van der Waals surface area contributed by atoms with E-state index in [0.29, 0.717) is 17.1 Å². The van der Waals surface area contributed by atoms with Crippen molar-refractivity contribution in [2.24, 2.45) is 5.92 Å². The van der Waals surface area contributed by atoms with Gasteiger partial charge in [0.1, 0.15) is 11.6 Å². The lowest BCUT2D eigenvalue weighted by Gasteiger charge is -2.32. The summed E-state index contributed by atoms with van der Waals surface area (Å²) in [6, 6.07) is 18.4. The smallest absolute Gasteiger partial charge is 0.323 e. The van der Waals surface area contributed by atoms with Crippen LogP contribution in [0.2, 0.25) is 0 Å². The Morgan fingerprint density at radius 1 is 1.00 bits per heavy atom. The first-order chi connectivity index (χ1) is 16.0. The molecule has 1 aliphatic rings. The van der Waals surface area contributed by atoms with E-state index in [9.17, 15) is 9.59 Å². The second kappa shape index (κ2) is 10.2. The Morgan fingerprint density at radius 3 is 2.42 bits per heavy atom. The number of piperidine rings is 1. The summed E-state index contributed by atoms with van der Waals surface area (Å²) in [5.74, 6) is 1.70. The van der Waals surface area contributed by atoms with E-state index >= 15 is 0 Å². The predicted molar refractivity (Wildman–Crippen MR) is 130 cm³/mol. The Kier molecular flexibility index (Phi) is 6.88. The lowest BCUT2D eigenvalue weighted by Crippen LogP contribution is -2.36. The van der Waals surface area contributed by atoms with Crippen LogP contribution in [0.4, 0.5) is 22.0 Å². The van der Waals surface area contributed by atoms with E-state index in [1.165, 1.54) is 0 Å². The quantitative estimate of drug-likeness (QED) is 0.514. The molecule has 0 aliphatic carbocycles. The Hall–Kier alpha value is -3.87. The Bertz CT molecular complexity index is 1110. The number of rotatable bonds is 6. The van der Waals surface area contributed by atoms with Gasteiger partial charge in [0.25, 0.3) is 0 Å². The number of Topliss-reactive ketones (excluding diaryl/α,β-unsaturated/α-hetero) is 1. The first-order valence-corrected chi connectivity index (χ1v) is 11.1. The van der Waals surface area contributed by atoms with Crippen LogP contribution in [-0.4, -0.2) is 37.0 Å². The molecule has 0 unspecified atom stereocenters. The van der Waals surface area contributed by atoms with E-state index in [-0.39, 0.29) is 17.7 Å². The van der Waals surface area contributed by atoms with Gasteiger partial charge in [0.15, 0.2) is 5.78 Å². The van der Waals surface area contributed by atoms with Gasteiger partial charge < -0.3 is 20.3 Å². The lowest BCUT2D eigenvalue weighted by atomic mass is 9.89. The summed E-state index contributed by atoms with van der Waals surface area (Å²) in [7, 11) is 1.57. The fourth-order valence-electron chi connectivity index (χ4n) is 4.06. The Balaban J connectivity index is 1.31. The minimum absolute atomic E-state index is 0.0481. The van der Waals surface area contributed by atoms with Gasteiger partial charge in [0, 0.05) is 24.6 Å². The van der Waals surface area contributed by atoms with Gasteiger partial charge in [-0.2, -0.15) is 0 Å². The zero-order chi connectivity index (χ0) is 23.2. The molecular weight excluding hydrogens is 416 g/mol. The van der Waals surface area contributed by atoms with Crippen molar-refractivity contribution in [3.8, 4) is 5.75 Å². The standard InChI is InChI=1S/C26H28N4O3/c1-18-8-10-23(33-2)22(16-18)29-26(32)28-21-9-11-24(27-17-21)30-14-12-20(13-15-30)25(31)19-6-4-3-5-7-19/h3-11,16-17,20H,12-15H2,1-2H3,(H2,28,29,32). The van der Waals surface area contributed by atoms with E-state index in [0.717, 1.165) is 42.9 Å². The molecule has 7 heteroatoms. The molecule has 170 valence electrons. The minimum Gasteiger partial charge on any atom is -0.495 e. The molecule has 1 saturated heterocycles. The third-order valence-corrected chi connectivity index (χ3v) is 5.86. The number of carbonyl (C=O) groups excluding carboxylic acids is 2. The predicted octanol–water partition coefficient (Wildman–Crippen LogP) is 5.14. The topological polar surface area (TPSA) is 83.6 Å². The number of benzene rings is 2. The van der Waals surface area contributed by atoms with E-state index in [2.05, 4.69) is 20.5 Å². The van der Waals surface area contributed by atoms with Gasteiger partial charge >= 0.3 is 6.03 Å². The van der Waals surface area contributed by atoms with Crippen molar-refractivity contribution in [2.45, 2.75) is 19.8 Å². The van der Waals surface area contributed by atoms with E-state index in [1.54, 1.807) is 13.3 Å². The molecule has 7 nitrogen and oxygen atoms in total. The van der Waals surface area contributed by atoms with Crippen LogP contribution in [0.3, 0.4) is 0 Å². The highest BCUT2D eigenvalue weighted by Crippen LogP contribution is 2.27. The van der Waals surface area contributed by atoms with Crippen LogP contribution in [0, 0.1) is 12.8 Å². The van der Waals surface area contributed by atoms with Gasteiger partial charge in [-0.15, -0.1) is 0 Å². The van der Waals surface area contributed by atoms with Gasteiger partial charge in [-0.25, -0.2) is 9.78 Å². The molecule has 33 heavy (non-hydrogen) atoms. The maximum Gasteiger partial charge on any atom is 0.323 e. The Labute approximate surface area is 193 Å². The van der Waals surface area contributed by atoms with Crippen molar-refractivity contribution in [3.63, 3.8) is 0 Å². The third-order valence-electron chi connectivity index (χ3n) is 5.86. The van der Waals surface area contributed by atoms with Crippen molar-refractivity contribution in [3.05, 3.63) is 78.0 Å². The minimum atomic E-state index is -0.367. The zero-order valence-electron chi connectivity index (χ0n) is 18.9. The van der Waals surface area contributed by atoms with Crippen molar-refractivity contribution in [2.75, 3.05) is 35.7 Å². The maximum atomic E-state index is 12.7. The van der Waals surface area contributed by atoms with Gasteiger partial charge in [0.2, 0.25) is 0 Å². The zero-order valence-corrected chi connectivity index (χ0v) is 18.9. The van der Waals surface area contributed by atoms with Crippen LogP contribution in [0.1, 0.15) is 28.8 Å². The molecule has 4 rings (SSSR count). The monoisotopic (exact) mass is 444 g/mol. The first kappa shape index (κ1) is 22.3. The highest BCUT2D eigenvalue weighted by molar-refractivity contribution is 6.00. The number of hydrogen-bond acceptors (Lipinski definition) is 5. The summed E-state index contributed by atoms with van der Waals surface area (Å²) < 4.78 is 5.30. The molecule has 2 amide bonds. The van der Waals surface area contributed by atoms with Crippen molar-refractivity contribution < 1.29 is 14.3 Å². The molecule has 2 aromatic carbocycles. The molecule has 0 bridgehead atoms. The fraction of sp³-hybridized carbons (Fsp3) is 0.269. The average Bonchev–Trinajstić information content (AvgIpc) is 2.85. The lowest BCUT2D eigenvalue weighted by molar-refractivity contribution is 0.0900. The second-order valence-corrected chi connectivity index (χ2v) is 8.18. The molecule has 1 fully saturated rings. The number of anilines is 3. The number of pyridine rings is 1. The summed E-state index contributed by atoms with van der Waals surface area (Å²) in [6.07, 6.45) is 3.25. The number of ether oxygens (including phenoxy) is 1. The van der Waals surface area contributed by atoms with Gasteiger partial charge in [-0.05, 0) is 49.6 Å². The molecule has 0 radical (unpaired) electrons. The summed E-state index contributed by atoms with van der Waals surface area (Å²) >= 11 is 0. The number of aryl methyl sites for hydroxylation is 1. The molecule has 0 spiro atoms. The molecule has 1 aromatic heterocycles. The van der Waals surface area contributed by atoms with E-state index < -0.39 is 0 Å². The van der Waals surface area contributed by atoms with Crippen molar-refractivity contribution >= 4 is 29.0 Å². The number of hydrogen-bond donors (Lipinski definition) is 2. The van der Waals surface area contributed by atoms with Crippen LogP contribution in [0.15, 0.2) is 66.9 Å². The largest absolute Gasteiger partial charge is 0.495 e. The maximum absolute atomic E-state index is 12.7. The summed E-state index contributed by atoms with van der Waals surface area (Å²) in [5.41, 5.74) is 3.00. The van der Waals surface area contributed by atoms with Crippen molar-refractivity contribution in [1.82, 2.24) is 4.98 Å². The summed E-state index contributed by atoms with van der Waals surface area (Å²) in [4.78, 5) is 31.8. The fourth-order valence-corrected chi connectivity index (χ4v) is 4.06. The van der Waals surface area contributed by atoms with Crippen LogP contribution >= 0.6 is 0 Å². The highest BCUT2D eigenvalue weighted by Gasteiger charge is 2.26. The number of ketones is 1. The third kappa shape index (κ3) is 5.49. The number of amides is 2. The molecular formula is C26H28N4O3. The second-order valence-electron chi connectivity index (χ2n) is 8.18. The number of methoxy groups -OCH3 is 1. The van der Waals surface area contributed by atoms with Gasteiger partial charge in [-0.1, -0.05) is 36.4 Å². The molecule has 1 aliphatic heterocycles. The number of urea groups is 1. The summed E-state index contributed by atoms with van der Waals surface area (Å²) in [6.45, 7) is 3.50. The number of carbonyl (C=O) groups is 2. The normalized spacial score (nSPS) is 13.9. The highest BCUT2D eigenvalue weighted by atomic mass is 16.5. The van der Waals surface area contributed by atoms with Gasteiger partial charge in [0.05, 0.1) is 24.7 Å². The first-order valence-electron chi connectivity index (χ1n) is 11.1. The average molecular weight is 445 g/mol. The van der Waals surface area contributed by atoms with Crippen LogP contribution < -0.4 is 20.3 Å². The van der Waals surface area contributed by atoms with Crippen LogP contribution in [0.5, 0.6) is 5.75 Å². The molecule has 2 N–H and O–H groups in total. The number of nitrogens with zero attached hydrogens (tertiary/aromatic N) is 2. The van der Waals surface area contributed by atoms with E-state index in [4.69, 9.17) is 4.74 Å². The van der Waals surface area contributed by atoms with Crippen LogP contribution in [-0.2, 0) is 0 Å².